The van der Waals surface area contributed by atoms with Crippen molar-refractivity contribution in [2.75, 3.05) is 19.7 Å². The van der Waals surface area contributed by atoms with E-state index in [1.54, 1.807) is 43.0 Å². The van der Waals surface area contributed by atoms with Crippen molar-refractivity contribution in [3.05, 3.63) is 41.2 Å². The lowest BCUT2D eigenvalue weighted by Gasteiger charge is -2.32. The smallest absolute Gasteiger partial charge is 0.253 e. The van der Waals surface area contributed by atoms with Gasteiger partial charge in [0.25, 0.3) is 5.91 Å². The number of ether oxygens (including phenoxy) is 1. The number of benzene rings is 1. The third-order valence-electron chi connectivity index (χ3n) is 4.85. The van der Waals surface area contributed by atoms with Gasteiger partial charge in [0.1, 0.15) is 10.6 Å². The highest BCUT2D eigenvalue weighted by Gasteiger charge is 2.29. The molecule has 152 valence electrons. The second-order valence-corrected chi connectivity index (χ2v) is 8.56. The van der Waals surface area contributed by atoms with Gasteiger partial charge in [0.15, 0.2) is 0 Å². The zero-order chi connectivity index (χ0) is 20.3. The SMILES string of the molecule is CCOc1ccc(C(=O)N2CCC(NS(=O)(=O)c3c(C)n[nH]c3C)CC2)cc1. The number of sulfonamides is 1. The summed E-state index contributed by atoms with van der Waals surface area (Å²) in [6, 6.07) is 6.88. The number of aromatic nitrogens is 2. The van der Waals surface area contributed by atoms with Gasteiger partial charge in [-0.2, -0.15) is 5.10 Å². The van der Waals surface area contributed by atoms with Gasteiger partial charge < -0.3 is 9.64 Å². The zero-order valence-corrected chi connectivity index (χ0v) is 17.2. The minimum Gasteiger partial charge on any atom is -0.494 e. The van der Waals surface area contributed by atoms with E-state index in [1.807, 2.05) is 6.92 Å². The first kappa shape index (κ1) is 20.3. The molecule has 3 rings (SSSR count). The van der Waals surface area contributed by atoms with Gasteiger partial charge in [-0.25, -0.2) is 13.1 Å². The fourth-order valence-electron chi connectivity index (χ4n) is 3.46. The third kappa shape index (κ3) is 4.36. The van der Waals surface area contributed by atoms with E-state index in [1.165, 1.54) is 0 Å². The number of piperidine rings is 1. The Morgan fingerprint density at radius 2 is 1.89 bits per heavy atom. The molecule has 28 heavy (non-hydrogen) atoms. The predicted molar refractivity (Wildman–Crippen MR) is 105 cm³/mol. The number of carbonyl (C=O) groups excluding carboxylic acids is 1. The number of hydrogen-bond donors (Lipinski definition) is 2. The number of nitrogens with one attached hydrogen (secondary N) is 2. The molecule has 1 aromatic carbocycles. The maximum absolute atomic E-state index is 12.7. The molecule has 9 heteroatoms. The van der Waals surface area contributed by atoms with Crippen molar-refractivity contribution in [1.82, 2.24) is 19.8 Å². The normalized spacial score (nSPS) is 15.6. The third-order valence-corrected chi connectivity index (χ3v) is 6.63. The van der Waals surface area contributed by atoms with Crippen molar-refractivity contribution in [2.45, 2.75) is 44.6 Å². The molecule has 2 heterocycles. The van der Waals surface area contributed by atoms with Gasteiger partial charge in [-0.05, 0) is 57.9 Å². The molecule has 1 fully saturated rings. The second kappa shape index (κ2) is 8.32. The molecule has 0 radical (unpaired) electrons. The Labute approximate surface area is 165 Å². The minimum absolute atomic E-state index is 0.0501. The Morgan fingerprint density at radius 3 is 2.43 bits per heavy atom. The molecule has 0 spiro atoms. The summed E-state index contributed by atoms with van der Waals surface area (Å²) in [7, 11) is -3.64. The van der Waals surface area contributed by atoms with Crippen LogP contribution in [-0.4, -0.2) is 55.2 Å². The number of aryl methyl sites for hydroxylation is 2. The monoisotopic (exact) mass is 406 g/mol. The number of likely N-dealkylation sites (tertiary alicyclic amines) is 1. The number of amides is 1. The summed E-state index contributed by atoms with van der Waals surface area (Å²) < 4.78 is 33.5. The van der Waals surface area contributed by atoms with Crippen LogP contribution in [0.3, 0.4) is 0 Å². The highest BCUT2D eigenvalue weighted by molar-refractivity contribution is 7.89. The van der Waals surface area contributed by atoms with Gasteiger partial charge in [-0.3, -0.25) is 9.89 Å². The highest BCUT2D eigenvalue weighted by Crippen LogP contribution is 2.21. The molecule has 1 aromatic heterocycles. The number of H-pyrrole nitrogens is 1. The molecule has 1 amide bonds. The van der Waals surface area contributed by atoms with Gasteiger partial charge in [-0.15, -0.1) is 0 Å². The summed E-state index contributed by atoms with van der Waals surface area (Å²) in [5.41, 5.74) is 1.58. The molecule has 1 saturated heterocycles. The Bertz CT molecular complexity index is 910. The molecule has 0 saturated carbocycles. The molecule has 0 unspecified atom stereocenters. The van der Waals surface area contributed by atoms with Crippen LogP contribution in [0.4, 0.5) is 0 Å². The minimum atomic E-state index is -3.64. The van der Waals surface area contributed by atoms with Crippen LogP contribution in [0.2, 0.25) is 0 Å². The standard InChI is InChI=1S/C19H26N4O4S/c1-4-27-17-7-5-15(6-8-17)19(24)23-11-9-16(10-12-23)22-28(25,26)18-13(2)20-21-14(18)3/h5-8,16,22H,4,9-12H2,1-3H3,(H,20,21). The van der Waals surface area contributed by atoms with Gasteiger partial charge in [0, 0.05) is 24.7 Å². The first-order valence-electron chi connectivity index (χ1n) is 9.38. The molecular weight excluding hydrogens is 380 g/mol. The molecule has 0 bridgehead atoms. The Hall–Kier alpha value is -2.39. The van der Waals surface area contributed by atoms with E-state index < -0.39 is 10.0 Å². The summed E-state index contributed by atoms with van der Waals surface area (Å²) in [5, 5.41) is 6.66. The Kier molecular flexibility index (Phi) is 6.04. The molecule has 0 aliphatic carbocycles. The lowest BCUT2D eigenvalue weighted by atomic mass is 10.0. The van der Waals surface area contributed by atoms with E-state index in [0.29, 0.717) is 49.5 Å². The van der Waals surface area contributed by atoms with E-state index in [0.717, 1.165) is 5.75 Å². The number of carbonyl (C=O) groups is 1. The zero-order valence-electron chi connectivity index (χ0n) is 16.4. The maximum Gasteiger partial charge on any atom is 0.253 e. The van der Waals surface area contributed by atoms with E-state index >= 15 is 0 Å². The molecule has 2 aromatic rings. The molecule has 8 nitrogen and oxygen atoms in total. The largest absolute Gasteiger partial charge is 0.494 e. The van der Waals surface area contributed by atoms with Gasteiger partial charge >= 0.3 is 0 Å². The lowest BCUT2D eigenvalue weighted by Crippen LogP contribution is -2.46. The summed E-state index contributed by atoms with van der Waals surface area (Å²) in [5.74, 6) is 0.683. The summed E-state index contributed by atoms with van der Waals surface area (Å²) >= 11 is 0. The maximum atomic E-state index is 12.7. The summed E-state index contributed by atoms with van der Waals surface area (Å²) in [6.07, 6.45) is 1.13. The second-order valence-electron chi connectivity index (χ2n) is 6.91. The number of rotatable bonds is 6. The summed E-state index contributed by atoms with van der Waals surface area (Å²) in [4.78, 5) is 14.6. The van der Waals surface area contributed by atoms with E-state index in [9.17, 15) is 13.2 Å². The first-order valence-corrected chi connectivity index (χ1v) is 10.9. The quantitative estimate of drug-likeness (QED) is 0.764. The van der Waals surface area contributed by atoms with Crippen LogP contribution in [0.25, 0.3) is 0 Å². The highest BCUT2D eigenvalue weighted by atomic mass is 32.2. The number of hydrogen-bond acceptors (Lipinski definition) is 5. The molecular formula is C19H26N4O4S. The fourth-order valence-corrected chi connectivity index (χ4v) is 5.13. The lowest BCUT2D eigenvalue weighted by molar-refractivity contribution is 0.0711. The predicted octanol–water partition coefficient (Wildman–Crippen LogP) is 2.01. The van der Waals surface area contributed by atoms with Crippen LogP contribution in [0.1, 0.15) is 41.5 Å². The molecule has 1 aliphatic rings. The van der Waals surface area contributed by atoms with Crippen LogP contribution in [0, 0.1) is 13.8 Å². The molecule has 0 atom stereocenters. The van der Waals surface area contributed by atoms with E-state index in [-0.39, 0.29) is 16.8 Å². The van der Waals surface area contributed by atoms with Crippen molar-refractivity contribution in [3.63, 3.8) is 0 Å². The van der Waals surface area contributed by atoms with Crippen LogP contribution < -0.4 is 9.46 Å². The summed E-state index contributed by atoms with van der Waals surface area (Å²) in [6.45, 7) is 6.84. The molecule has 1 aliphatic heterocycles. The van der Waals surface area contributed by atoms with Crippen LogP contribution >= 0.6 is 0 Å². The first-order chi connectivity index (χ1) is 13.3. The average Bonchev–Trinajstić information content (AvgIpc) is 3.01. The Balaban J connectivity index is 1.59. The van der Waals surface area contributed by atoms with Crippen molar-refractivity contribution in [2.24, 2.45) is 0 Å². The van der Waals surface area contributed by atoms with E-state index in [4.69, 9.17) is 4.74 Å². The number of aromatic amines is 1. The topological polar surface area (TPSA) is 104 Å². The fraction of sp³-hybridized carbons (Fsp3) is 0.474. The van der Waals surface area contributed by atoms with Gasteiger partial charge in [0.2, 0.25) is 10.0 Å². The van der Waals surface area contributed by atoms with Crippen molar-refractivity contribution in [1.29, 1.82) is 0 Å². The van der Waals surface area contributed by atoms with E-state index in [2.05, 4.69) is 14.9 Å². The van der Waals surface area contributed by atoms with Crippen LogP contribution in [0.5, 0.6) is 5.75 Å². The van der Waals surface area contributed by atoms with Gasteiger partial charge in [-0.1, -0.05) is 0 Å². The van der Waals surface area contributed by atoms with Gasteiger partial charge in [0.05, 0.1) is 18.0 Å². The van der Waals surface area contributed by atoms with Crippen molar-refractivity contribution in [3.8, 4) is 5.75 Å². The number of nitrogens with zero attached hydrogens (tertiary/aromatic N) is 2. The van der Waals surface area contributed by atoms with Crippen LogP contribution in [0.15, 0.2) is 29.2 Å². The van der Waals surface area contributed by atoms with Crippen molar-refractivity contribution >= 4 is 15.9 Å². The average molecular weight is 407 g/mol. The van der Waals surface area contributed by atoms with Crippen molar-refractivity contribution < 1.29 is 17.9 Å². The molecule has 2 N–H and O–H groups in total. The van der Waals surface area contributed by atoms with Crippen LogP contribution in [-0.2, 0) is 10.0 Å². The Morgan fingerprint density at radius 1 is 1.25 bits per heavy atom.